The number of halogens is 2. The fourth-order valence-corrected chi connectivity index (χ4v) is 3.77. The Morgan fingerprint density at radius 2 is 2.25 bits per heavy atom. The summed E-state index contributed by atoms with van der Waals surface area (Å²) in [6, 6.07) is 7.07. The third-order valence-electron chi connectivity index (χ3n) is 4.39. The van der Waals surface area contributed by atoms with Crippen LogP contribution in [0.1, 0.15) is 26.2 Å². The molecule has 1 saturated heterocycles. The maximum absolute atomic E-state index is 9.91. The van der Waals surface area contributed by atoms with Gasteiger partial charge >= 0.3 is 0 Å². The van der Waals surface area contributed by atoms with E-state index in [9.17, 15) is 5.11 Å². The SMILES string of the molecule is CC1CC(CO)(Nc2ccc(Cl)c(Br)c2)CN1C1CC1. The average Bonchev–Trinajstić information content (AvgIpc) is 3.20. The lowest BCUT2D eigenvalue weighted by molar-refractivity contribution is 0.201. The van der Waals surface area contributed by atoms with Crippen molar-refractivity contribution in [2.24, 2.45) is 0 Å². The van der Waals surface area contributed by atoms with Crippen molar-refractivity contribution in [2.45, 2.75) is 43.8 Å². The van der Waals surface area contributed by atoms with E-state index in [2.05, 4.69) is 33.1 Å². The predicted octanol–water partition coefficient (Wildman–Crippen LogP) is 3.50. The molecule has 3 nitrogen and oxygen atoms in total. The molecule has 1 aromatic carbocycles. The quantitative estimate of drug-likeness (QED) is 0.863. The molecular weight excluding hydrogens is 340 g/mol. The summed E-state index contributed by atoms with van der Waals surface area (Å²) in [4.78, 5) is 2.54. The highest BCUT2D eigenvalue weighted by atomic mass is 79.9. The molecule has 0 spiro atoms. The fraction of sp³-hybridized carbons (Fsp3) is 0.600. The first-order valence-corrected chi connectivity index (χ1v) is 8.30. The molecule has 0 aromatic heterocycles. The van der Waals surface area contributed by atoms with E-state index in [-0.39, 0.29) is 12.1 Å². The van der Waals surface area contributed by atoms with Crippen molar-refractivity contribution >= 4 is 33.2 Å². The van der Waals surface area contributed by atoms with Gasteiger partial charge in [-0.3, -0.25) is 4.90 Å². The fourth-order valence-electron chi connectivity index (χ4n) is 3.27. The number of nitrogens with zero attached hydrogens (tertiary/aromatic N) is 1. The van der Waals surface area contributed by atoms with Gasteiger partial charge in [0.05, 0.1) is 17.2 Å². The van der Waals surface area contributed by atoms with Gasteiger partial charge in [0.25, 0.3) is 0 Å². The van der Waals surface area contributed by atoms with Crippen molar-refractivity contribution < 1.29 is 5.11 Å². The van der Waals surface area contributed by atoms with Crippen molar-refractivity contribution in [1.29, 1.82) is 0 Å². The number of aliphatic hydroxyl groups excluding tert-OH is 1. The van der Waals surface area contributed by atoms with E-state index < -0.39 is 0 Å². The van der Waals surface area contributed by atoms with Gasteiger partial charge in [-0.2, -0.15) is 0 Å². The van der Waals surface area contributed by atoms with Gasteiger partial charge in [0.2, 0.25) is 0 Å². The summed E-state index contributed by atoms with van der Waals surface area (Å²) in [5.41, 5.74) is 0.759. The van der Waals surface area contributed by atoms with Crippen LogP contribution in [-0.4, -0.2) is 40.8 Å². The molecule has 110 valence electrons. The third kappa shape index (κ3) is 2.84. The van der Waals surface area contributed by atoms with E-state index in [4.69, 9.17) is 11.6 Å². The molecule has 1 saturated carbocycles. The van der Waals surface area contributed by atoms with E-state index in [1.54, 1.807) is 0 Å². The number of rotatable bonds is 4. The minimum Gasteiger partial charge on any atom is -0.394 e. The molecule has 2 aliphatic rings. The van der Waals surface area contributed by atoms with Crippen molar-refractivity contribution in [3.05, 3.63) is 27.7 Å². The average molecular weight is 360 g/mol. The molecular formula is C15H20BrClN2O. The minimum atomic E-state index is -0.241. The van der Waals surface area contributed by atoms with Gasteiger partial charge in [-0.1, -0.05) is 11.6 Å². The predicted molar refractivity (Wildman–Crippen MR) is 86.4 cm³/mol. The summed E-state index contributed by atoms with van der Waals surface area (Å²) in [7, 11) is 0. The number of anilines is 1. The summed E-state index contributed by atoms with van der Waals surface area (Å²) >= 11 is 9.48. The van der Waals surface area contributed by atoms with Gasteiger partial charge < -0.3 is 10.4 Å². The van der Waals surface area contributed by atoms with E-state index in [1.165, 1.54) is 12.8 Å². The van der Waals surface area contributed by atoms with Crippen LogP contribution in [0.25, 0.3) is 0 Å². The Morgan fingerprint density at radius 1 is 1.50 bits per heavy atom. The molecule has 0 radical (unpaired) electrons. The molecule has 0 amide bonds. The smallest absolute Gasteiger partial charge is 0.0745 e. The Kier molecular flexibility index (Phi) is 4.01. The molecule has 3 rings (SSSR count). The Balaban J connectivity index is 1.77. The lowest BCUT2D eigenvalue weighted by Crippen LogP contribution is -2.45. The van der Waals surface area contributed by atoms with Gasteiger partial charge in [0, 0.05) is 28.8 Å². The second-order valence-electron chi connectivity index (χ2n) is 6.15. The number of nitrogens with one attached hydrogen (secondary N) is 1. The first kappa shape index (κ1) is 14.6. The van der Waals surface area contributed by atoms with Crippen molar-refractivity contribution in [1.82, 2.24) is 4.90 Å². The van der Waals surface area contributed by atoms with Crippen molar-refractivity contribution in [3.8, 4) is 0 Å². The zero-order valence-electron chi connectivity index (χ0n) is 11.6. The lowest BCUT2D eigenvalue weighted by Gasteiger charge is -2.30. The Labute approximate surface area is 133 Å². The van der Waals surface area contributed by atoms with Crippen LogP contribution in [0.2, 0.25) is 5.02 Å². The molecule has 0 bridgehead atoms. The van der Waals surface area contributed by atoms with E-state index >= 15 is 0 Å². The van der Waals surface area contributed by atoms with Crippen LogP contribution >= 0.6 is 27.5 Å². The minimum absolute atomic E-state index is 0.154. The first-order valence-electron chi connectivity index (χ1n) is 7.13. The molecule has 2 unspecified atom stereocenters. The second kappa shape index (κ2) is 5.48. The van der Waals surface area contributed by atoms with Crippen molar-refractivity contribution in [2.75, 3.05) is 18.5 Å². The summed E-state index contributed by atoms with van der Waals surface area (Å²) in [6.07, 6.45) is 3.58. The lowest BCUT2D eigenvalue weighted by atomic mass is 9.97. The summed E-state index contributed by atoms with van der Waals surface area (Å²) < 4.78 is 0.877. The van der Waals surface area contributed by atoms with Crippen LogP contribution in [0, 0.1) is 0 Å². The number of hydrogen-bond donors (Lipinski definition) is 2. The van der Waals surface area contributed by atoms with Crippen LogP contribution in [0.3, 0.4) is 0 Å². The number of likely N-dealkylation sites (tertiary alicyclic amines) is 1. The summed E-state index contributed by atoms with van der Waals surface area (Å²) in [6.45, 7) is 3.32. The summed E-state index contributed by atoms with van der Waals surface area (Å²) in [5.74, 6) is 0. The standard InChI is InChI=1S/C15H20BrClN2O/c1-10-7-15(9-20,8-19(10)12-3-4-12)18-11-2-5-14(17)13(16)6-11/h2,5-6,10,12,18,20H,3-4,7-9H2,1H3. The maximum atomic E-state index is 9.91. The highest BCUT2D eigenvalue weighted by Gasteiger charge is 2.46. The largest absolute Gasteiger partial charge is 0.394 e. The molecule has 1 aliphatic heterocycles. The van der Waals surface area contributed by atoms with Crippen LogP contribution in [0.4, 0.5) is 5.69 Å². The number of benzene rings is 1. The highest BCUT2D eigenvalue weighted by molar-refractivity contribution is 9.10. The van der Waals surface area contributed by atoms with Gasteiger partial charge in [-0.25, -0.2) is 0 Å². The van der Waals surface area contributed by atoms with E-state index in [1.807, 2.05) is 18.2 Å². The first-order chi connectivity index (χ1) is 9.53. The monoisotopic (exact) mass is 358 g/mol. The number of aliphatic hydroxyl groups is 1. The maximum Gasteiger partial charge on any atom is 0.0745 e. The molecule has 1 aliphatic carbocycles. The normalized spacial score (nSPS) is 30.7. The van der Waals surface area contributed by atoms with Crippen LogP contribution < -0.4 is 5.32 Å². The Hall–Kier alpha value is -0.290. The van der Waals surface area contributed by atoms with Gasteiger partial charge in [-0.15, -0.1) is 0 Å². The molecule has 1 heterocycles. The van der Waals surface area contributed by atoms with Crippen LogP contribution in [0.5, 0.6) is 0 Å². The number of hydrogen-bond acceptors (Lipinski definition) is 3. The third-order valence-corrected chi connectivity index (χ3v) is 5.60. The van der Waals surface area contributed by atoms with E-state index in [0.717, 1.165) is 29.2 Å². The van der Waals surface area contributed by atoms with Gasteiger partial charge in [0.15, 0.2) is 0 Å². The zero-order chi connectivity index (χ0) is 14.3. The second-order valence-corrected chi connectivity index (χ2v) is 7.41. The molecule has 5 heteroatoms. The van der Waals surface area contributed by atoms with Gasteiger partial charge in [0.1, 0.15) is 0 Å². The molecule has 2 N–H and O–H groups in total. The topological polar surface area (TPSA) is 35.5 Å². The van der Waals surface area contributed by atoms with Crippen molar-refractivity contribution in [3.63, 3.8) is 0 Å². The van der Waals surface area contributed by atoms with Gasteiger partial charge in [-0.05, 0) is 60.3 Å². The Bertz CT molecular complexity index is 509. The van der Waals surface area contributed by atoms with Crippen LogP contribution in [-0.2, 0) is 0 Å². The molecule has 2 fully saturated rings. The molecule has 20 heavy (non-hydrogen) atoms. The highest BCUT2D eigenvalue weighted by Crippen LogP contribution is 2.39. The molecule has 2 atom stereocenters. The Morgan fingerprint density at radius 3 is 2.85 bits per heavy atom. The molecule has 1 aromatic rings. The zero-order valence-corrected chi connectivity index (χ0v) is 13.9. The summed E-state index contributed by atoms with van der Waals surface area (Å²) in [5, 5.41) is 14.1. The van der Waals surface area contributed by atoms with Crippen LogP contribution in [0.15, 0.2) is 22.7 Å². The van der Waals surface area contributed by atoms with E-state index in [0.29, 0.717) is 11.1 Å².